The van der Waals surface area contributed by atoms with Gasteiger partial charge in [0.15, 0.2) is 0 Å². The average molecular weight is 449 g/mol. The molecule has 0 aliphatic carbocycles. The summed E-state index contributed by atoms with van der Waals surface area (Å²) in [5, 5.41) is 4.67. The van der Waals surface area contributed by atoms with Gasteiger partial charge in [-0.05, 0) is 37.7 Å². The molecule has 0 saturated carbocycles. The van der Waals surface area contributed by atoms with Crippen LogP contribution in [-0.4, -0.2) is 13.2 Å². The SMILES string of the molecule is CCCCC(CC)COc1c2ccccc2c(OCC(CC)CCCC)c2cc(C)ccc12. The number of hydrogen-bond donors (Lipinski definition) is 0. The van der Waals surface area contributed by atoms with Crippen molar-refractivity contribution in [2.75, 3.05) is 13.2 Å². The fraction of sp³-hybridized carbons (Fsp3) is 0.548. The van der Waals surface area contributed by atoms with E-state index in [4.69, 9.17) is 9.47 Å². The lowest BCUT2D eigenvalue weighted by molar-refractivity contribution is 0.234. The van der Waals surface area contributed by atoms with Crippen LogP contribution in [0.4, 0.5) is 0 Å². The van der Waals surface area contributed by atoms with E-state index in [1.807, 2.05) is 0 Å². The molecular weight excluding hydrogens is 404 g/mol. The minimum atomic E-state index is 0.600. The van der Waals surface area contributed by atoms with Crippen LogP contribution < -0.4 is 9.47 Å². The topological polar surface area (TPSA) is 18.5 Å². The number of benzene rings is 3. The molecule has 2 nitrogen and oxygen atoms in total. The first-order valence-corrected chi connectivity index (χ1v) is 13.3. The average Bonchev–Trinajstić information content (AvgIpc) is 2.84. The highest BCUT2D eigenvalue weighted by Crippen LogP contribution is 2.43. The molecule has 180 valence electrons. The van der Waals surface area contributed by atoms with Crippen LogP contribution in [0.1, 0.15) is 84.6 Å². The third-order valence-electron chi connectivity index (χ3n) is 7.09. The minimum Gasteiger partial charge on any atom is -0.492 e. The highest BCUT2D eigenvalue weighted by Gasteiger charge is 2.18. The van der Waals surface area contributed by atoms with Gasteiger partial charge in [-0.3, -0.25) is 0 Å². The summed E-state index contributed by atoms with van der Waals surface area (Å²) in [6, 6.07) is 15.3. The Morgan fingerprint density at radius 1 is 0.636 bits per heavy atom. The maximum Gasteiger partial charge on any atom is 0.135 e. The molecule has 0 aliphatic heterocycles. The molecule has 33 heavy (non-hydrogen) atoms. The Kier molecular flexibility index (Phi) is 9.91. The van der Waals surface area contributed by atoms with Crippen LogP contribution in [0.2, 0.25) is 0 Å². The summed E-state index contributed by atoms with van der Waals surface area (Å²) in [4.78, 5) is 0. The van der Waals surface area contributed by atoms with Gasteiger partial charge in [0.2, 0.25) is 0 Å². The predicted molar refractivity (Wildman–Crippen MR) is 144 cm³/mol. The third-order valence-corrected chi connectivity index (χ3v) is 7.09. The van der Waals surface area contributed by atoms with E-state index in [0.717, 1.165) is 48.3 Å². The van der Waals surface area contributed by atoms with Gasteiger partial charge in [-0.15, -0.1) is 0 Å². The predicted octanol–water partition coefficient (Wildman–Crippen LogP) is 9.49. The summed E-state index contributed by atoms with van der Waals surface area (Å²) >= 11 is 0. The Bertz CT molecular complexity index is 1010. The van der Waals surface area contributed by atoms with E-state index in [1.165, 1.54) is 54.9 Å². The lowest BCUT2D eigenvalue weighted by Crippen LogP contribution is -2.13. The van der Waals surface area contributed by atoms with Crippen molar-refractivity contribution in [1.82, 2.24) is 0 Å². The van der Waals surface area contributed by atoms with Crippen LogP contribution in [0.3, 0.4) is 0 Å². The molecule has 3 aromatic carbocycles. The molecule has 2 atom stereocenters. The van der Waals surface area contributed by atoms with Gasteiger partial charge in [-0.2, -0.15) is 0 Å². The van der Waals surface area contributed by atoms with Gasteiger partial charge < -0.3 is 9.47 Å². The largest absolute Gasteiger partial charge is 0.492 e. The molecule has 0 N–H and O–H groups in total. The summed E-state index contributed by atoms with van der Waals surface area (Å²) in [6.07, 6.45) is 9.81. The highest BCUT2D eigenvalue weighted by molar-refractivity contribution is 6.11. The first kappa shape index (κ1) is 25.4. The number of rotatable bonds is 14. The van der Waals surface area contributed by atoms with Gasteiger partial charge in [0.1, 0.15) is 11.5 Å². The molecule has 2 heteroatoms. The molecular formula is C31H44O2. The van der Waals surface area contributed by atoms with E-state index in [2.05, 4.69) is 77.1 Å². The number of unbranched alkanes of at least 4 members (excludes halogenated alkanes) is 2. The minimum absolute atomic E-state index is 0.600. The standard InChI is InChI=1S/C31H44O2/c1-6-10-14-24(8-3)21-32-30-26-16-12-13-17-27(26)31(29-20-23(5)18-19-28(29)30)33-22-25(9-4)15-11-7-2/h12-13,16-20,24-25H,6-11,14-15,21-22H2,1-5H3. The lowest BCUT2D eigenvalue weighted by atomic mass is 9.97. The monoisotopic (exact) mass is 448 g/mol. The summed E-state index contributed by atoms with van der Waals surface area (Å²) < 4.78 is 13.3. The van der Waals surface area contributed by atoms with Crippen LogP contribution in [0, 0.1) is 18.8 Å². The second-order valence-corrected chi connectivity index (χ2v) is 9.71. The summed E-state index contributed by atoms with van der Waals surface area (Å²) in [5.41, 5.74) is 1.25. The summed E-state index contributed by atoms with van der Waals surface area (Å²) in [6.45, 7) is 12.8. The number of fused-ring (bicyclic) bond motifs is 2. The van der Waals surface area contributed by atoms with Crippen LogP contribution >= 0.6 is 0 Å². The zero-order valence-electron chi connectivity index (χ0n) is 21.6. The molecule has 3 rings (SSSR count). The third kappa shape index (κ3) is 6.43. The van der Waals surface area contributed by atoms with Crippen LogP contribution in [0.5, 0.6) is 11.5 Å². The van der Waals surface area contributed by atoms with E-state index in [-0.39, 0.29) is 0 Å². The van der Waals surface area contributed by atoms with E-state index >= 15 is 0 Å². The molecule has 0 saturated heterocycles. The van der Waals surface area contributed by atoms with E-state index in [0.29, 0.717) is 11.8 Å². The first-order valence-electron chi connectivity index (χ1n) is 13.3. The number of ether oxygens (including phenoxy) is 2. The summed E-state index contributed by atoms with van der Waals surface area (Å²) in [7, 11) is 0. The van der Waals surface area contributed by atoms with E-state index < -0.39 is 0 Å². The van der Waals surface area contributed by atoms with Gasteiger partial charge in [-0.1, -0.05) is 108 Å². The van der Waals surface area contributed by atoms with Crippen LogP contribution in [0.15, 0.2) is 42.5 Å². The van der Waals surface area contributed by atoms with Crippen molar-refractivity contribution in [3.05, 3.63) is 48.0 Å². The van der Waals surface area contributed by atoms with Gasteiger partial charge >= 0.3 is 0 Å². The molecule has 0 aromatic heterocycles. The van der Waals surface area contributed by atoms with Crippen molar-refractivity contribution in [3.63, 3.8) is 0 Å². The lowest BCUT2D eigenvalue weighted by Gasteiger charge is -2.22. The van der Waals surface area contributed by atoms with Gasteiger partial charge in [0, 0.05) is 21.5 Å². The normalized spacial score (nSPS) is 13.4. The zero-order chi connectivity index (χ0) is 23.6. The van der Waals surface area contributed by atoms with E-state index in [9.17, 15) is 0 Å². The summed E-state index contributed by atoms with van der Waals surface area (Å²) in [5.74, 6) is 3.23. The van der Waals surface area contributed by atoms with Gasteiger partial charge in [0.25, 0.3) is 0 Å². The van der Waals surface area contributed by atoms with Crippen LogP contribution in [0.25, 0.3) is 21.5 Å². The molecule has 0 heterocycles. The van der Waals surface area contributed by atoms with Crippen molar-refractivity contribution in [1.29, 1.82) is 0 Å². The van der Waals surface area contributed by atoms with Gasteiger partial charge in [-0.25, -0.2) is 0 Å². The van der Waals surface area contributed by atoms with E-state index in [1.54, 1.807) is 0 Å². The van der Waals surface area contributed by atoms with Crippen molar-refractivity contribution < 1.29 is 9.47 Å². The maximum absolute atomic E-state index is 6.64. The zero-order valence-corrected chi connectivity index (χ0v) is 21.6. The number of aryl methyl sites for hydroxylation is 1. The van der Waals surface area contributed by atoms with Crippen LogP contribution in [-0.2, 0) is 0 Å². The van der Waals surface area contributed by atoms with Gasteiger partial charge in [0.05, 0.1) is 13.2 Å². The highest BCUT2D eigenvalue weighted by atomic mass is 16.5. The molecule has 3 aromatic rings. The molecule has 0 aliphatic rings. The quantitative estimate of drug-likeness (QED) is 0.229. The Morgan fingerprint density at radius 2 is 1.12 bits per heavy atom. The molecule has 0 bridgehead atoms. The Balaban J connectivity index is 2.02. The smallest absolute Gasteiger partial charge is 0.135 e. The van der Waals surface area contributed by atoms with Crippen molar-refractivity contribution >= 4 is 21.5 Å². The molecule has 0 spiro atoms. The molecule has 0 fully saturated rings. The van der Waals surface area contributed by atoms with Crippen molar-refractivity contribution in [2.24, 2.45) is 11.8 Å². The maximum atomic E-state index is 6.64. The Morgan fingerprint density at radius 3 is 1.61 bits per heavy atom. The van der Waals surface area contributed by atoms with Crippen molar-refractivity contribution in [2.45, 2.75) is 86.0 Å². The first-order chi connectivity index (χ1) is 16.1. The molecule has 0 amide bonds. The number of hydrogen-bond acceptors (Lipinski definition) is 2. The van der Waals surface area contributed by atoms with Crippen molar-refractivity contribution in [3.8, 4) is 11.5 Å². The Labute approximate surface area is 201 Å². The fourth-order valence-electron chi connectivity index (χ4n) is 4.72. The molecule has 2 unspecified atom stereocenters. The second-order valence-electron chi connectivity index (χ2n) is 9.71. The molecule has 0 radical (unpaired) electrons. The fourth-order valence-corrected chi connectivity index (χ4v) is 4.72. The second kappa shape index (κ2) is 12.9. The Hall–Kier alpha value is -2.22.